The van der Waals surface area contributed by atoms with Gasteiger partial charge in [0.15, 0.2) is 0 Å². The zero-order valence-corrected chi connectivity index (χ0v) is 11.5. The Kier molecular flexibility index (Phi) is 6.48. The van der Waals surface area contributed by atoms with Gasteiger partial charge in [-0.3, -0.25) is 0 Å². The van der Waals surface area contributed by atoms with Crippen molar-refractivity contribution in [3.63, 3.8) is 0 Å². The van der Waals surface area contributed by atoms with Gasteiger partial charge in [-0.15, -0.1) is 0 Å². The molecule has 1 aromatic rings. The number of ether oxygens (including phenoxy) is 1. The maximum absolute atomic E-state index is 8.83. The van der Waals surface area contributed by atoms with Crippen molar-refractivity contribution in [1.29, 1.82) is 5.26 Å². The zero-order valence-electron chi connectivity index (χ0n) is 10.7. The van der Waals surface area contributed by atoms with E-state index in [1.165, 1.54) is 0 Å². The lowest BCUT2D eigenvalue weighted by Gasteiger charge is -2.09. The van der Waals surface area contributed by atoms with Crippen LogP contribution in [0.5, 0.6) is 0 Å². The molecular weight excluding hydrogens is 250 g/mol. The second-order valence-electron chi connectivity index (χ2n) is 4.38. The smallest absolute Gasteiger partial charge is 0.146 e. The summed E-state index contributed by atoms with van der Waals surface area (Å²) in [7, 11) is 0. The molecule has 4 nitrogen and oxygen atoms in total. The molecule has 0 fully saturated rings. The largest absolute Gasteiger partial charge is 0.381 e. The first-order valence-corrected chi connectivity index (χ1v) is 6.39. The molecule has 0 unspecified atom stereocenters. The minimum absolute atomic E-state index is 0.378. The maximum Gasteiger partial charge on any atom is 0.146 e. The highest BCUT2D eigenvalue weighted by Gasteiger charge is 2.05. The van der Waals surface area contributed by atoms with Crippen LogP contribution in [0.3, 0.4) is 0 Å². The van der Waals surface area contributed by atoms with Crippen molar-refractivity contribution < 1.29 is 4.74 Å². The Morgan fingerprint density at radius 2 is 2.33 bits per heavy atom. The predicted octanol–water partition coefficient (Wildman–Crippen LogP) is 3.08. The molecule has 0 aliphatic rings. The zero-order chi connectivity index (χ0) is 13.4. The molecule has 1 N–H and O–H groups in total. The fourth-order valence-corrected chi connectivity index (χ4v) is 1.57. The Hall–Kier alpha value is -1.31. The quantitative estimate of drug-likeness (QED) is 0.772. The van der Waals surface area contributed by atoms with Crippen LogP contribution in [-0.4, -0.2) is 24.7 Å². The Morgan fingerprint density at radius 3 is 3.00 bits per heavy atom. The van der Waals surface area contributed by atoms with Crippen LogP contribution in [0.2, 0.25) is 5.02 Å². The topological polar surface area (TPSA) is 57.9 Å². The number of halogens is 1. The van der Waals surface area contributed by atoms with Crippen LogP contribution in [0.4, 0.5) is 5.82 Å². The molecule has 0 bridgehead atoms. The van der Waals surface area contributed by atoms with E-state index in [2.05, 4.69) is 24.1 Å². The number of anilines is 1. The average molecular weight is 268 g/mol. The summed E-state index contributed by atoms with van der Waals surface area (Å²) in [6.07, 6.45) is 2.45. The van der Waals surface area contributed by atoms with Crippen LogP contribution in [0.1, 0.15) is 25.8 Å². The summed E-state index contributed by atoms with van der Waals surface area (Å²) in [5.74, 6) is 1.11. The fraction of sp³-hybridized carbons (Fsp3) is 0.538. The van der Waals surface area contributed by atoms with Gasteiger partial charge in [-0.25, -0.2) is 4.98 Å². The fourth-order valence-electron chi connectivity index (χ4n) is 1.35. The van der Waals surface area contributed by atoms with Crippen molar-refractivity contribution >= 4 is 17.4 Å². The molecule has 1 rings (SSSR count). The van der Waals surface area contributed by atoms with Crippen molar-refractivity contribution in [3.8, 4) is 6.07 Å². The molecule has 18 heavy (non-hydrogen) atoms. The second kappa shape index (κ2) is 7.91. The third-order valence-corrected chi connectivity index (χ3v) is 2.60. The summed E-state index contributed by atoms with van der Waals surface area (Å²) in [4.78, 5) is 4.10. The van der Waals surface area contributed by atoms with Crippen LogP contribution >= 0.6 is 11.6 Å². The van der Waals surface area contributed by atoms with E-state index in [1.807, 2.05) is 6.07 Å². The highest BCUT2D eigenvalue weighted by molar-refractivity contribution is 6.34. The van der Waals surface area contributed by atoms with Gasteiger partial charge in [0.1, 0.15) is 16.9 Å². The third kappa shape index (κ3) is 4.91. The van der Waals surface area contributed by atoms with Gasteiger partial charge in [-0.2, -0.15) is 5.26 Å². The molecule has 0 saturated heterocycles. The lowest BCUT2D eigenvalue weighted by Crippen LogP contribution is -2.09. The molecular formula is C13H18ClN3O. The number of hydrogen-bond acceptors (Lipinski definition) is 4. The van der Waals surface area contributed by atoms with E-state index in [0.29, 0.717) is 28.9 Å². The SMILES string of the molecule is CC(C)COCCCNc1nccc(C#N)c1Cl. The second-order valence-corrected chi connectivity index (χ2v) is 4.76. The molecule has 1 heterocycles. The van der Waals surface area contributed by atoms with Gasteiger partial charge < -0.3 is 10.1 Å². The number of pyridine rings is 1. The molecule has 0 radical (unpaired) electrons. The molecule has 0 aliphatic carbocycles. The first-order valence-electron chi connectivity index (χ1n) is 6.01. The van der Waals surface area contributed by atoms with E-state index in [0.717, 1.165) is 19.6 Å². The van der Waals surface area contributed by atoms with E-state index in [9.17, 15) is 0 Å². The van der Waals surface area contributed by atoms with Gasteiger partial charge in [0.2, 0.25) is 0 Å². The summed E-state index contributed by atoms with van der Waals surface area (Å²) < 4.78 is 5.46. The van der Waals surface area contributed by atoms with E-state index in [-0.39, 0.29) is 0 Å². The number of aromatic nitrogens is 1. The van der Waals surface area contributed by atoms with Gasteiger partial charge in [0.25, 0.3) is 0 Å². The summed E-state index contributed by atoms with van der Waals surface area (Å²) in [5, 5.41) is 12.3. The number of hydrogen-bond donors (Lipinski definition) is 1. The number of nitrogens with one attached hydrogen (secondary N) is 1. The van der Waals surface area contributed by atoms with E-state index < -0.39 is 0 Å². The van der Waals surface area contributed by atoms with Crippen molar-refractivity contribution in [2.24, 2.45) is 5.92 Å². The number of rotatable bonds is 7. The summed E-state index contributed by atoms with van der Waals surface area (Å²) in [6.45, 7) is 6.45. The van der Waals surface area contributed by atoms with Crippen LogP contribution in [-0.2, 0) is 4.74 Å². The molecule has 98 valence electrons. The van der Waals surface area contributed by atoms with Crippen molar-refractivity contribution in [1.82, 2.24) is 4.98 Å². The van der Waals surface area contributed by atoms with E-state index in [1.54, 1.807) is 12.3 Å². The van der Waals surface area contributed by atoms with Gasteiger partial charge in [0, 0.05) is 26.0 Å². The van der Waals surface area contributed by atoms with Crippen molar-refractivity contribution in [3.05, 3.63) is 22.8 Å². The minimum atomic E-state index is 0.378. The average Bonchev–Trinajstić information content (AvgIpc) is 2.35. The third-order valence-electron chi connectivity index (χ3n) is 2.22. The maximum atomic E-state index is 8.83. The van der Waals surface area contributed by atoms with Gasteiger partial charge in [0.05, 0.1) is 5.56 Å². The Morgan fingerprint density at radius 1 is 1.56 bits per heavy atom. The Labute approximate surface area is 113 Å². The first kappa shape index (κ1) is 14.7. The number of nitrogens with zero attached hydrogens (tertiary/aromatic N) is 2. The molecule has 1 aromatic heterocycles. The highest BCUT2D eigenvalue weighted by atomic mass is 35.5. The van der Waals surface area contributed by atoms with Crippen molar-refractivity contribution in [2.45, 2.75) is 20.3 Å². The van der Waals surface area contributed by atoms with Gasteiger partial charge in [-0.1, -0.05) is 25.4 Å². The molecule has 0 atom stereocenters. The highest BCUT2D eigenvalue weighted by Crippen LogP contribution is 2.22. The molecule has 5 heteroatoms. The van der Waals surface area contributed by atoms with Gasteiger partial charge >= 0.3 is 0 Å². The summed E-state index contributed by atoms with van der Waals surface area (Å²) >= 11 is 6.01. The van der Waals surface area contributed by atoms with Crippen LogP contribution in [0.15, 0.2) is 12.3 Å². The monoisotopic (exact) mass is 267 g/mol. The van der Waals surface area contributed by atoms with E-state index >= 15 is 0 Å². The molecule has 0 spiro atoms. The standard InChI is InChI=1S/C13H18ClN3O/c1-10(2)9-18-7-3-5-16-13-12(14)11(8-15)4-6-17-13/h4,6,10H,3,5,7,9H2,1-2H3,(H,16,17). The molecule has 0 amide bonds. The molecule has 0 aromatic carbocycles. The number of nitriles is 1. The predicted molar refractivity (Wildman–Crippen MR) is 72.7 cm³/mol. The lowest BCUT2D eigenvalue weighted by atomic mass is 10.2. The Balaban J connectivity index is 2.30. The Bertz CT molecular complexity index is 415. The summed E-state index contributed by atoms with van der Waals surface area (Å²) in [6, 6.07) is 3.62. The van der Waals surface area contributed by atoms with E-state index in [4.69, 9.17) is 21.6 Å². The summed E-state index contributed by atoms with van der Waals surface area (Å²) in [5.41, 5.74) is 0.435. The minimum Gasteiger partial charge on any atom is -0.381 e. The van der Waals surface area contributed by atoms with Crippen LogP contribution in [0, 0.1) is 17.2 Å². The van der Waals surface area contributed by atoms with Crippen molar-refractivity contribution in [2.75, 3.05) is 25.1 Å². The van der Waals surface area contributed by atoms with Crippen LogP contribution in [0.25, 0.3) is 0 Å². The molecule has 0 saturated carbocycles. The molecule has 0 aliphatic heterocycles. The van der Waals surface area contributed by atoms with Gasteiger partial charge in [-0.05, 0) is 18.4 Å². The lowest BCUT2D eigenvalue weighted by molar-refractivity contribution is 0.110. The first-order chi connectivity index (χ1) is 8.65. The van der Waals surface area contributed by atoms with Crippen LogP contribution < -0.4 is 5.32 Å². The normalized spacial score (nSPS) is 10.4.